The van der Waals surface area contributed by atoms with E-state index in [2.05, 4.69) is 98.4 Å². The summed E-state index contributed by atoms with van der Waals surface area (Å²) in [4.78, 5) is 6.61. The van der Waals surface area contributed by atoms with Gasteiger partial charge in [-0.15, -0.1) is 0 Å². The van der Waals surface area contributed by atoms with Crippen LogP contribution < -0.4 is 11.1 Å². The van der Waals surface area contributed by atoms with Crippen molar-refractivity contribution in [2.24, 2.45) is 0 Å². The molecule has 4 heteroatoms. The second-order valence-corrected chi connectivity index (χ2v) is 12.1. The Morgan fingerprint density at radius 3 is 2.17 bits per heavy atom. The Bertz CT molecular complexity index is 1500. The van der Waals surface area contributed by atoms with Crippen LogP contribution in [0.15, 0.2) is 72.9 Å². The monoisotopic (exact) mass is 536 g/mol. The number of hydrogen-bond donors (Lipinski definition) is 4. The molecule has 0 fully saturated rings. The highest BCUT2D eigenvalue weighted by Gasteiger charge is 2.16. The van der Waals surface area contributed by atoms with E-state index in [-0.39, 0.29) is 5.41 Å². The molecule has 0 bridgehead atoms. The van der Waals surface area contributed by atoms with Gasteiger partial charge in [0, 0.05) is 51.6 Å². The fourth-order valence-electron chi connectivity index (χ4n) is 5.09. The van der Waals surface area contributed by atoms with Gasteiger partial charge in [0.1, 0.15) is 0 Å². The summed E-state index contributed by atoms with van der Waals surface area (Å²) in [5.41, 5.74) is 16.2. The van der Waals surface area contributed by atoms with E-state index in [4.69, 9.17) is 5.73 Å². The van der Waals surface area contributed by atoms with E-state index in [0.717, 1.165) is 17.7 Å². The first-order valence-electron chi connectivity index (χ1n) is 15.1. The van der Waals surface area contributed by atoms with Crippen LogP contribution in [0.2, 0.25) is 0 Å². The molecule has 0 saturated heterocycles. The summed E-state index contributed by atoms with van der Waals surface area (Å²) in [6.07, 6.45) is 10.8. The Morgan fingerprint density at radius 2 is 1.45 bits per heavy atom. The number of nitrogens with two attached hydrogens (primary N) is 1. The molecule has 0 spiro atoms. The third kappa shape index (κ3) is 7.94. The highest BCUT2D eigenvalue weighted by Crippen LogP contribution is 2.27. The average Bonchev–Trinajstić information content (AvgIpc) is 3.69. The smallest absolute Gasteiger partial charge is 0.0457 e. The highest BCUT2D eigenvalue weighted by atomic mass is 14.9. The molecule has 0 unspecified atom stereocenters. The molecule has 5 N–H and O–H groups in total. The van der Waals surface area contributed by atoms with Gasteiger partial charge in [-0.2, -0.15) is 0 Å². The van der Waals surface area contributed by atoms with Gasteiger partial charge in [0.05, 0.1) is 0 Å². The first-order valence-corrected chi connectivity index (χ1v) is 15.1. The number of H-pyrrole nitrogens is 2. The number of nitrogens with one attached hydrogen (secondary N) is 3. The summed E-state index contributed by atoms with van der Waals surface area (Å²) in [7, 11) is 0. The fourth-order valence-corrected chi connectivity index (χ4v) is 5.09. The van der Waals surface area contributed by atoms with Crippen LogP contribution in [0.3, 0.4) is 0 Å². The van der Waals surface area contributed by atoms with Gasteiger partial charge in [0.25, 0.3) is 0 Å². The van der Waals surface area contributed by atoms with Crippen LogP contribution in [-0.4, -0.2) is 16.5 Å². The number of nitrogen functional groups attached to an aromatic ring is 1. The van der Waals surface area contributed by atoms with Crippen LogP contribution in [0, 0.1) is 0 Å². The summed E-state index contributed by atoms with van der Waals surface area (Å²) in [5.74, 6) is 0. The molecule has 3 aromatic carbocycles. The molecule has 0 amide bonds. The zero-order valence-electron chi connectivity index (χ0n) is 25.2. The Labute approximate surface area is 240 Å². The number of fused-ring (bicyclic) bond motifs is 3. The number of unbranched alkanes of at least 4 members (excludes halogenated alkanes) is 2. The lowest BCUT2D eigenvalue weighted by atomic mass is 9.92. The quantitative estimate of drug-likeness (QED) is 0.163. The lowest BCUT2D eigenvalue weighted by Gasteiger charge is -2.15. The zero-order valence-corrected chi connectivity index (χ0v) is 25.2. The van der Waals surface area contributed by atoms with Gasteiger partial charge in [-0.3, -0.25) is 0 Å². The van der Waals surface area contributed by atoms with Crippen molar-refractivity contribution < 1.29 is 0 Å². The minimum absolute atomic E-state index is 0.160. The maximum atomic E-state index is 5.73. The van der Waals surface area contributed by atoms with E-state index in [0.29, 0.717) is 0 Å². The number of aryl methyl sites for hydroxylation is 2. The van der Waals surface area contributed by atoms with Crippen LogP contribution in [0.25, 0.3) is 21.8 Å². The summed E-state index contributed by atoms with van der Waals surface area (Å²) >= 11 is 0. The second-order valence-electron chi connectivity index (χ2n) is 12.1. The minimum atomic E-state index is 0.160. The SMILES string of the molecule is CC(C)(C)c1cc2cc(N)ccc2[nH]1.CCCCc1ccc2[nH]ccc2c1.CCCCc1ccc2c(c1)CCN2. The molecule has 0 saturated carbocycles. The van der Waals surface area contributed by atoms with Crippen LogP contribution in [0.4, 0.5) is 11.4 Å². The van der Waals surface area contributed by atoms with E-state index in [1.54, 1.807) is 0 Å². The van der Waals surface area contributed by atoms with Crippen molar-refractivity contribution in [1.29, 1.82) is 0 Å². The average molecular weight is 537 g/mol. The maximum absolute atomic E-state index is 5.73. The van der Waals surface area contributed by atoms with Crippen molar-refractivity contribution in [3.8, 4) is 0 Å². The molecule has 2 aromatic heterocycles. The van der Waals surface area contributed by atoms with E-state index in [1.165, 1.54) is 89.3 Å². The lowest BCUT2D eigenvalue weighted by Crippen LogP contribution is -2.10. The summed E-state index contributed by atoms with van der Waals surface area (Å²) in [6.45, 7) is 12.2. The number of aromatic amines is 2. The topological polar surface area (TPSA) is 69.6 Å². The number of hydrogen-bond acceptors (Lipinski definition) is 2. The van der Waals surface area contributed by atoms with Crippen molar-refractivity contribution in [3.05, 3.63) is 95.3 Å². The number of rotatable bonds is 6. The molecular formula is C36H48N4. The Hall–Kier alpha value is -3.66. The van der Waals surface area contributed by atoms with Gasteiger partial charge in [0.15, 0.2) is 0 Å². The molecule has 1 aliphatic heterocycles. The third-order valence-corrected chi connectivity index (χ3v) is 7.59. The van der Waals surface area contributed by atoms with Crippen molar-refractivity contribution >= 4 is 33.2 Å². The summed E-state index contributed by atoms with van der Waals surface area (Å²) in [5, 5.41) is 5.90. The highest BCUT2D eigenvalue weighted by molar-refractivity contribution is 5.83. The van der Waals surface area contributed by atoms with Crippen LogP contribution >= 0.6 is 0 Å². The molecule has 0 radical (unpaired) electrons. The number of anilines is 2. The van der Waals surface area contributed by atoms with E-state index >= 15 is 0 Å². The molecule has 3 heterocycles. The van der Waals surface area contributed by atoms with Crippen molar-refractivity contribution in [2.45, 2.75) is 85.0 Å². The van der Waals surface area contributed by atoms with Crippen LogP contribution in [0.5, 0.6) is 0 Å². The molecule has 0 atom stereocenters. The third-order valence-electron chi connectivity index (χ3n) is 7.59. The van der Waals surface area contributed by atoms with Gasteiger partial charge in [-0.1, -0.05) is 65.7 Å². The molecule has 1 aliphatic rings. The first-order chi connectivity index (χ1) is 19.3. The van der Waals surface area contributed by atoms with E-state index in [1.807, 2.05) is 24.4 Å². The van der Waals surface area contributed by atoms with Crippen LogP contribution in [0.1, 0.15) is 82.7 Å². The maximum Gasteiger partial charge on any atom is 0.0457 e. The van der Waals surface area contributed by atoms with Gasteiger partial charge >= 0.3 is 0 Å². The lowest BCUT2D eigenvalue weighted by molar-refractivity contribution is 0.574. The summed E-state index contributed by atoms with van der Waals surface area (Å²) < 4.78 is 0. The van der Waals surface area contributed by atoms with Gasteiger partial charge < -0.3 is 21.0 Å². The molecule has 0 aliphatic carbocycles. The van der Waals surface area contributed by atoms with Gasteiger partial charge in [0.2, 0.25) is 0 Å². The van der Waals surface area contributed by atoms with E-state index < -0.39 is 0 Å². The summed E-state index contributed by atoms with van der Waals surface area (Å²) in [6, 6.07) is 23.8. The second kappa shape index (κ2) is 13.6. The number of benzene rings is 3. The largest absolute Gasteiger partial charge is 0.399 e. The fraction of sp³-hybridized carbons (Fsp3) is 0.389. The standard InChI is InChI=1S/C12H16N2.C12H17N.C12H15N/c1-12(2,3)11-7-8-6-9(13)4-5-10(8)14-11;2*1-2-3-4-10-5-6-12-11(9-10)7-8-13-12/h4-7,14H,13H2,1-3H3;5-6,9,13H,2-4,7-8H2,1H3;5-9,13H,2-4H2,1H3. The molecular weight excluding hydrogens is 488 g/mol. The van der Waals surface area contributed by atoms with Gasteiger partial charge in [-0.05, 0) is 103 Å². The molecule has 6 rings (SSSR count). The molecule has 40 heavy (non-hydrogen) atoms. The van der Waals surface area contributed by atoms with E-state index in [9.17, 15) is 0 Å². The van der Waals surface area contributed by atoms with Crippen molar-refractivity contribution in [2.75, 3.05) is 17.6 Å². The molecule has 5 aromatic rings. The normalized spacial score (nSPS) is 12.3. The van der Waals surface area contributed by atoms with Gasteiger partial charge in [-0.25, -0.2) is 0 Å². The predicted octanol–water partition coefficient (Wildman–Crippen LogP) is 9.56. The number of aromatic nitrogens is 2. The Morgan fingerprint density at radius 1 is 0.750 bits per heavy atom. The minimum Gasteiger partial charge on any atom is -0.399 e. The van der Waals surface area contributed by atoms with Crippen molar-refractivity contribution in [1.82, 2.24) is 9.97 Å². The Kier molecular flexibility index (Phi) is 9.98. The Balaban J connectivity index is 0.000000139. The van der Waals surface area contributed by atoms with Crippen LogP contribution in [-0.2, 0) is 24.7 Å². The van der Waals surface area contributed by atoms with Crippen molar-refractivity contribution in [3.63, 3.8) is 0 Å². The molecule has 4 nitrogen and oxygen atoms in total. The molecule has 212 valence electrons. The zero-order chi connectivity index (χ0) is 28.5. The first kappa shape index (κ1) is 29.3. The predicted molar refractivity (Wildman–Crippen MR) is 176 cm³/mol.